The van der Waals surface area contributed by atoms with E-state index in [-0.39, 0.29) is 0 Å². The first-order valence-electron chi connectivity index (χ1n) is 2.93. The zero-order chi connectivity index (χ0) is 7.40. The summed E-state index contributed by atoms with van der Waals surface area (Å²) in [4.78, 5) is 7.50. The van der Waals surface area contributed by atoms with E-state index in [1.54, 1.807) is 18.7 Å². The molecule has 0 amide bonds. The average molecular weight is 135 g/mol. The molecular weight excluding hydrogens is 126 g/mol. The number of hydrogen-bond acceptors (Lipinski definition) is 2. The van der Waals surface area contributed by atoms with Gasteiger partial charge in [0.1, 0.15) is 0 Å². The number of rotatable bonds is 2. The molecule has 0 N–H and O–H groups in total. The van der Waals surface area contributed by atoms with Gasteiger partial charge < -0.3 is 4.57 Å². The molecule has 3 nitrogen and oxygen atoms in total. The number of hydrogen-bond donors (Lipinski definition) is 0. The second kappa shape index (κ2) is 2.96. The van der Waals surface area contributed by atoms with Crippen molar-refractivity contribution in [3.05, 3.63) is 24.4 Å². The minimum absolute atomic E-state index is 1.02. The summed E-state index contributed by atoms with van der Waals surface area (Å²) in [5.74, 6) is 0. The molecule has 1 heterocycles. The van der Waals surface area contributed by atoms with Crippen LogP contribution in [0.25, 0.3) is 6.08 Å². The highest BCUT2D eigenvalue weighted by atomic mass is 15.0. The van der Waals surface area contributed by atoms with Crippen LogP contribution in [0.3, 0.4) is 0 Å². The molecular formula is C7H9N3. The number of aryl methyl sites for hydroxylation is 1. The summed E-state index contributed by atoms with van der Waals surface area (Å²) < 4.78 is 1.90. The first kappa shape index (κ1) is 6.74. The van der Waals surface area contributed by atoms with E-state index in [1.165, 1.54) is 0 Å². The van der Waals surface area contributed by atoms with E-state index in [0.29, 0.717) is 0 Å². The zero-order valence-electron chi connectivity index (χ0n) is 5.86. The van der Waals surface area contributed by atoms with Crippen LogP contribution < -0.4 is 0 Å². The molecule has 0 saturated carbocycles. The Morgan fingerprint density at radius 3 is 3.10 bits per heavy atom. The van der Waals surface area contributed by atoms with E-state index in [9.17, 15) is 0 Å². The number of imidazole rings is 1. The largest absolute Gasteiger partial charge is 0.334 e. The van der Waals surface area contributed by atoms with E-state index < -0.39 is 0 Å². The summed E-state index contributed by atoms with van der Waals surface area (Å²) in [6.45, 7) is 3.32. The Labute approximate surface area is 59.7 Å². The topological polar surface area (TPSA) is 30.2 Å². The van der Waals surface area contributed by atoms with Gasteiger partial charge in [-0.05, 0) is 12.8 Å². The lowest BCUT2D eigenvalue weighted by molar-refractivity contribution is 0.902. The van der Waals surface area contributed by atoms with Crippen molar-refractivity contribution in [2.75, 3.05) is 0 Å². The molecule has 0 spiro atoms. The fraction of sp³-hybridized carbons (Fsp3) is 0.143. The molecule has 0 aliphatic carbocycles. The highest BCUT2D eigenvalue weighted by molar-refractivity contribution is 5.45. The van der Waals surface area contributed by atoms with Crippen LogP contribution in [0.5, 0.6) is 0 Å². The SMILES string of the molecule is C=N/C=C\c1cncn1C. The second-order valence-electron chi connectivity index (χ2n) is 1.93. The number of aliphatic imine (C=N–C) groups is 1. The van der Waals surface area contributed by atoms with Gasteiger partial charge in [0.25, 0.3) is 0 Å². The van der Waals surface area contributed by atoms with Gasteiger partial charge >= 0.3 is 0 Å². The molecule has 0 aromatic carbocycles. The lowest BCUT2D eigenvalue weighted by Gasteiger charge is -1.90. The quantitative estimate of drug-likeness (QED) is 0.558. The van der Waals surface area contributed by atoms with E-state index >= 15 is 0 Å². The van der Waals surface area contributed by atoms with Crippen LogP contribution in [0.4, 0.5) is 0 Å². The molecule has 0 saturated heterocycles. The summed E-state index contributed by atoms with van der Waals surface area (Å²) in [5.41, 5.74) is 1.02. The van der Waals surface area contributed by atoms with E-state index in [4.69, 9.17) is 0 Å². The molecule has 0 unspecified atom stereocenters. The van der Waals surface area contributed by atoms with Crippen LogP contribution in [-0.2, 0) is 7.05 Å². The molecule has 1 aromatic heterocycles. The number of nitrogens with zero attached hydrogens (tertiary/aromatic N) is 3. The molecule has 1 aromatic rings. The van der Waals surface area contributed by atoms with Crippen molar-refractivity contribution in [2.45, 2.75) is 0 Å². The summed E-state index contributed by atoms with van der Waals surface area (Å²) in [5, 5.41) is 0. The fourth-order valence-electron chi connectivity index (χ4n) is 0.657. The third-order valence-electron chi connectivity index (χ3n) is 1.20. The molecule has 1 rings (SSSR count). The first-order chi connectivity index (χ1) is 4.84. The molecule has 0 atom stereocenters. The monoisotopic (exact) mass is 135 g/mol. The lowest BCUT2D eigenvalue weighted by Crippen LogP contribution is -1.86. The maximum absolute atomic E-state index is 3.92. The summed E-state index contributed by atoms with van der Waals surface area (Å²) >= 11 is 0. The van der Waals surface area contributed by atoms with Crippen molar-refractivity contribution < 1.29 is 0 Å². The number of aromatic nitrogens is 2. The summed E-state index contributed by atoms with van der Waals surface area (Å²) in [7, 11) is 1.93. The predicted octanol–water partition coefficient (Wildman–Crippen LogP) is 1.09. The van der Waals surface area contributed by atoms with Crippen LogP contribution in [0.2, 0.25) is 0 Å². The fourth-order valence-corrected chi connectivity index (χ4v) is 0.657. The third-order valence-corrected chi connectivity index (χ3v) is 1.20. The molecule has 0 radical (unpaired) electrons. The average Bonchev–Trinajstić information content (AvgIpc) is 2.31. The van der Waals surface area contributed by atoms with E-state index in [1.807, 2.05) is 17.7 Å². The Kier molecular flexibility index (Phi) is 1.99. The molecule has 52 valence electrons. The van der Waals surface area contributed by atoms with Gasteiger partial charge in [-0.3, -0.25) is 4.99 Å². The zero-order valence-corrected chi connectivity index (χ0v) is 5.86. The van der Waals surface area contributed by atoms with Crippen molar-refractivity contribution >= 4 is 12.8 Å². The predicted molar refractivity (Wildman–Crippen MR) is 41.8 cm³/mol. The molecule has 3 heteroatoms. The van der Waals surface area contributed by atoms with Gasteiger partial charge in [0.05, 0.1) is 18.2 Å². The van der Waals surface area contributed by atoms with Gasteiger partial charge in [-0.15, -0.1) is 0 Å². The molecule has 0 fully saturated rings. The summed E-state index contributed by atoms with van der Waals surface area (Å²) in [6.07, 6.45) is 6.99. The maximum Gasteiger partial charge on any atom is 0.0948 e. The van der Waals surface area contributed by atoms with Crippen molar-refractivity contribution in [1.82, 2.24) is 9.55 Å². The standard InChI is InChI=1S/C7H9N3/c1-8-4-3-7-5-9-6-10(7)2/h3-6H,1H2,2H3/b4-3-. The first-order valence-corrected chi connectivity index (χ1v) is 2.93. The second-order valence-corrected chi connectivity index (χ2v) is 1.93. The van der Waals surface area contributed by atoms with Gasteiger partial charge in [0.15, 0.2) is 0 Å². The minimum atomic E-state index is 1.02. The Morgan fingerprint density at radius 2 is 2.60 bits per heavy atom. The van der Waals surface area contributed by atoms with Crippen LogP contribution in [0, 0.1) is 0 Å². The Hall–Kier alpha value is -1.38. The van der Waals surface area contributed by atoms with Crippen molar-refractivity contribution in [1.29, 1.82) is 0 Å². The molecule has 0 bridgehead atoms. The van der Waals surface area contributed by atoms with Gasteiger partial charge in [-0.1, -0.05) is 0 Å². The van der Waals surface area contributed by atoms with E-state index in [2.05, 4.69) is 16.7 Å². The van der Waals surface area contributed by atoms with Gasteiger partial charge in [0.2, 0.25) is 0 Å². The van der Waals surface area contributed by atoms with Crippen LogP contribution in [0.15, 0.2) is 23.7 Å². The summed E-state index contributed by atoms with van der Waals surface area (Å²) in [6, 6.07) is 0. The third kappa shape index (κ3) is 1.31. The van der Waals surface area contributed by atoms with Crippen LogP contribution in [0.1, 0.15) is 5.69 Å². The van der Waals surface area contributed by atoms with Crippen LogP contribution in [-0.4, -0.2) is 16.3 Å². The van der Waals surface area contributed by atoms with Gasteiger partial charge in [-0.25, -0.2) is 4.98 Å². The maximum atomic E-state index is 3.92. The van der Waals surface area contributed by atoms with Gasteiger partial charge in [-0.2, -0.15) is 0 Å². The van der Waals surface area contributed by atoms with Crippen molar-refractivity contribution in [3.8, 4) is 0 Å². The molecule has 0 aliphatic rings. The highest BCUT2D eigenvalue weighted by Gasteiger charge is 1.88. The molecule has 0 aliphatic heterocycles. The normalized spacial score (nSPS) is 10.5. The Morgan fingerprint density at radius 1 is 1.80 bits per heavy atom. The van der Waals surface area contributed by atoms with Crippen molar-refractivity contribution in [3.63, 3.8) is 0 Å². The smallest absolute Gasteiger partial charge is 0.0948 e. The van der Waals surface area contributed by atoms with Crippen LogP contribution >= 0.6 is 0 Å². The Bertz CT molecular complexity index is 247. The minimum Gasteiger partial charge on any atom is -0.334 e. The highest BCUT2D eigenvalue weighted by Crippen LogP contribution is 1.97. The van der Waals surface area contributed by atoms with Crippen molar-refractivity contribution in [2.24, 2.45) is 12.0 Å². The van der Waals surface area contributed by atoms with E-state index in [0.717, 1.165) is 5.69 Å². The molecule has 10 heavy (non-hydrogen) atoms. The lowest BCUT2D eigenvalue weighted by atomic mass is 10.4. The van der Waals surface area contributed by atoms with Gasteiger partial charge in [0, 0.05) is 13.2 Å². The Balaban J connectivity index is 2.83.